The fourth-order valence-electron chi connectivity index (χ4n) is 3.00. The summed E-state index contributed by atoms with van der Waals surface area (Å²) in [6, 6.07) is 5.30. The van der Waals surface area contributed by atoms with Crippen molar-refractivity contribution < 1.29 is 9.59 Å². The lowest BCUT2D eigenvalue weighted by atomic mass is 10.1. The van der Waals surface area contributed by atoms with E-state index in [1.54, 1.807) is 18.2 Å². The number of H-pyrrole nitrogens is 1. The molecule has 2 aromatic rings. The maximum absolute atomic E-state index is 12.4. The molecule has 0 radical (unpaired) electrons. The van der Waals surface area contributed by atoms with E-state index >= 15 is 0 Å². The number of nitrogens with zero attached hydrogens (tertiary/aromatic N) is 1. The number of nitrogens with one attached hydrogen (secondary N) is 3. The van der Waals surface area contributed by atoms with Gasteiger partial charge in [-0.3, -0.25) is 14.7 Å². The summed E-state index contributed by atoms with van der Waals surface area (Å²) in [5.41, 5.74) is 5.33. The topological polar surface area (TPSA) is 86.9 Å². The second-order valence-electron chi connectivity index (χ2n) is 5.82. The molecule has 2 amide bonds. The summed E-state index contributed by atoms with van der Waals surface area (Å²) in [6.45, 7) is 3.69. The van der Waals surface area contributed by atoms with Gasteiger partial charge in [0.1, 0.15) is 0 Å². The Morgan fingerprint density at radius 1 is 1.30 bits per heavy atom. The van der Waals surface area contributed by atoms with E-state index in [1.165, 1.54) is 18.2 Å². The Hall–Kier alpha value is -2.63. The molecule has 3 N–H and O–H groups in total. The highest BCUT2D eigenvalue weighted by Crippen LogP contribution is 2.23. The first kappa shape index (κ1) is 15.3. The number of aryl methyl sites for hydroxylation is 1. The highest BCUT2D eigenvalue weighted by molar-refractivity contribution is 5.98. The highest BCUT2D eigenvalue weighted by atomic mass is 16.2. The minimum atomic E-state index is -0.163. The van der Waals surface area contributed by atoms with E-state index in [-0.39, 0.29) is 11.8 Å². The van der Waals surface area contributed by atoms with Crippen LogP contribution in [0.3, 0.4) is 0 Å². The van der Waals surface area contributed by atoms with Crippen molar-refractivity contribution >= 4 is 17.5 Å². The Bertz CT molecular complexity index is 764. The third kappa shape index (κ3) is 3.11. The van der Waals surface area contributed by atoms with Crippen LogP contribution in [-0.4, -0.2) is 22.0 Å². The Kier molecular flexibility index (Phi) is 4.14. The van der Waals surface area contributed by atoms with Crippen molar-refractivity contribution in [3.05, 3.63) is 46.3 Å². The second kappa shape index (κ2) is 6.24. The Morgan fingerprint density at radius 3 is 2.91 bits per heavy atom. The van der Waals surface area contributed by atoms with Crippen LogP contribution in [0.25, 0.3) is 0 Å². The molecule has 0 atom stereocenters. The quantitative estimate of drug-likeness (QED) is 0.808. The molecule has 6 nitrogen and oxygen atoms in total. The third-order valence-electron chi connectivity index (χ3n) is 4.20. The smallest absolute Gasteiger partial charge is 0.251 e. The number of anilines is 1. The van der Waals surface area contributed by atoms with Crippen molar-refractivity contribution in [2.75, 3.05) is 5.32 Å². The minimum absolute atomic E-state index is 0.155. The van der Waals surface area contributed by atoms with Crippen LogP contribution in [0.1, 0.15) is 46.2 Å². The molecule has 23 heavy (non-hydrogen) atoms. The number of aromatic nitrogens is 2. The van der Waals surface area contributed by atoms with Crippen LogP contribution in [-0.2, 0) is 24.2 Å². The van der Waals surface area contributed by atoms with E-state index in [0.717, 1.165) is 30.5 Å². The maximum atomic E-state index is 12.4. The van der Waals surface area contributed by atoms with E-state index in [4.69, 9.17) is 0 Å². The van der Waals surface area contributed by atoms with Crippen molar-refractivity contribution in [1.29, 1.82) is 0 Å². The fourth-order valence-corrected chi connectivity index (χ4v) is 3.00. The van der Waals surface area contributed by atoms with Gasteiger partial charge >= 0.3 is 0 Å². The molecule has 1 aliphatic rings. The molecule has 0 spiro atoms. The molecule has 0 saturated carbocycles. The molecule has 1 aromatic heterocycles. The summed E-state index contributed by atoms with van der Waals surface area (Å²) >= 11 is 0. The molecule has 6 heteroatoms. The van der Waals surface area contributed by atoms with E-state index in [1.807, 2.05) is 6.92 Å². The summed E-state index contributed by atoms with van der Waals surface area (Å²) in [4.78, 5) is 23.6. The highest BCUT2D eigenvalue weighted by Gasteiger charge is 2.19. The number of amides is 2. The average molecular weight is 312 g/mol. The summed E-state index contributed by atoms with van der Waals surface area (Å²) in [5.74, 6) is -0.317. The second-order valence-corrected chi connectivity index (χ2v) is 5.82. The van der Waals surface area contributed by atoms with Gasteiger partial charge in [0, 0.05) is 23.9 Å². The summed E-state index contributed by atoms with van der Waals surface area (Å²) < 4.78 is 0. The van der Waals surface area contributed by atoms with Crippen LogP contribution in [0, 0.1) is 6.92 Å². The zero-order chi connectivity index (χ0) is 16.4. The standard InChI is InChI=1S/C17H20N4O2/c1-10-12(5-3-7-14(10)19-11(2)22)17(23)18-9-16-13-6-4-8-15(13)20-21-16/h3,5,7H,4,6,8-9H2,1-2H3,(H,18,23)(H,19,22)(H,20,21). The molecule has 1 heterocycles. The van der Waals surface area contributed by atoms with Crippen molar-refractivity contribution in [3.8, 4) is 0 Å². The van der Waals surface area contributed by atoms with E-state index in [2.05, 4.69) is 20.8 Å². The van der Waals surface area contributed by atoms with Crippen molar-refractivity contribution in [3.63, 3.8) is 0 Å². The van der Waals surface area contributed by atoms with Gasteiger partial charge in [-0.25, -0.2) is 0 Å². The summed E-state index contributed by atoms with van der Waals surface area (Å²) in [7, 11) is 0. The van der Waals surface area contributed by atoms with Gasteiger partial charge in [-0.05, 0) is 49.4 Å². The zero-order valence-electron chi connectivity index (χ0n) is 13.3. The van der Waals surface area contributed by atoms with Gasteiger partial charge < -0.3 is 10.6 Å². The lowest BCUT2D eigenvalue weighted by Crippen LogP contribution is -2.24. The lowest BCUT2D eigenvalue weighted by Gasteiger charge is -2.11. The Balaban J connectivity index is 1.72. The van der Waals surface area contributed by atoms with Crippen LogP contribution < -0.4 is 10.6 Å². The normalized spacial score (nSPS) is 12.8. The van der Waals surface area contributed by atoms with E-state index in [0.29, 0.717) is 17.8 Å². The molecule has 1 aromatic carbocycles. The van der Waals surface area contributed by atoms with Crippen molar-refractivity contribution in [1.82, 2.24) is 15.5 Å². The first-order chi connectivity index (χ1) is 11.1. The number of carbonyl (C=O) groups is 2. The average Bonchev–Trinajstić information content (AvgIpc) is 3.10. The number of hydrogen-bond donors (Lipinski definition) is 3. The van der Waals surface area contributed by atoms with Gasteiger partial charge in [0.2, 0.25) is 5.91 Å². The number of fused-ring (bicyclic) bond motifs is 1. The molecular weight excluding hydrogens is 292 g/mol. The molecule has 3 rings (SSSR count). The van der Waals surface area contributed by atoms with Gasteiger partial charge in [0.05, 0.1) is 12.2 Å². The number of carbonyl (C=O) groups excluding carboxylic acids is 2. The predicted molar refractivity (Wildman–Crippen MR) is 87.3 cm³/mol. The molecule has 0 saturated heterocycles. The van der Waals surface area contributed by atoms with Gasteiger partial charge in [0.25, 0.3) is 5.91 Å². The number of hydrogen-bond acceptors (Lipinski definition) is 3. The number of rotatable bonds is 4. The molecule has 0 bridgehead atoms. The molecule has 0 unspecified atom stereocenters. The van der Waals surface area contributed by atoms with E-state index in [9.17, 15) is 9.59 Å². The van der Waals surface area contributed by atoms with Gasteiger partial charge in [-0.15, -0.1) is 0 Å². The van der Waals surface area contributed by atoms with Crippen LogP contribution >= 0.6 is 0 Å². The first-order valence-electron chi connectivity index (χ1n) is 7.76. The third-order valence-corrected chi connectivity index (χ3v) is 4.20. The number of aromatic amines is 1. The number of benzene rings is 1. The molecule has 0 aliphatic heterocycles. The van der Waals surface area contributed by atoms with Crippen molar-refractivity contribution in [2.45, 2.75) is 39.7 Å². The van der Waals surface area contributed by atoms with E-state index < -0.39 is 0 Å². The van der Waals surface area contributed by atoms with Crippen LogP contribution in [0.5, 0.6) is 0 Å². The van der Waals surface area contributed by atoms with Crippen LogP contribution in [0.2, 0.25) is 0 Å². The minimum Gasteiger partial charge on any atom is -0.346 e. The van der Waals surface area contributed by atoms with Gasteiger partial charge in [-0.2, -0.15) is 5.10 Å². The van der Waals surface area contributed by atoms with Crippen LogP contribution in [0.15, 0.2) is 18.2 Å². The molecule has 120 valence electrons. The monoisotopic (exact) mass is 312 g/mol. The fraction of sp³-hybridized carbons (Fsp3) is 0.353. The Labute approximate surface area is 134 Å². The SMILES string of the molecule is CC(=O)Nc1cccc(C(=O)NCc2n[nH]c3c2CCC3)c1C. The predicted octanol–water partition coefficient (Wildman–Crippen LogP) is 2.10. The molecule has 1 aliphatic carbocycles. The molecule has 0 fully saturated rings. The zero-order valence-corrected chi connectivity index (χ0v) is 13.3. The summed E-state index contributed by atoms with van der Waals surface area (Å²) in [6.07, 6.45) is 3.20. The first-order valence-corrected chi connectivity index (χ1v) is 7.76. The maximum Gasteiger partial charge on any atom is 0.251 e. The molecular formula is C17H20N4O2. The van der Waals surface area contributed by atoms with Crippen LogP contribution in [0.4, 0.5) is 5.69 Å². The van der Waals surface area contributed by atoms with Gasteiger partial charge in [-0.1, -0.05) is 6.07 Å². The Morgan fingerprint density at radius 2 is 2.13 bits per heavy atom. The van der Waals surface area contributed by atoms with Gasteiger partial charge in [0.15, 0.2) is 0 Å². The van der Waals surface area contributed by atoms with Crippen molar-refractivity contribution in [2.24, 2.45) is 0 Å². The largest absolute Gasteiger partial charge is 0.346 e. The lowest BCUT2D eigenvalue weighted by molar-refractivity contribution is -0.114. The summed E-state index contributed by atoms with van der Waals surface area (Å²) in [5, 5.41) is 13.0.